The number of hydrogen-bond acceptors (Lipinski definition) is 3. The summed E-state index contributed by atoms with van der Waals surface area (Å²) in [5.74, 6) is 1.50. The van der Waals surface area contributed by atoms with Gasteiger partial charge in [0.2, 0.25) is 0 Å². The molecular formula is C22H15BiN4. The number of para-hydroxylation sites is 3. The van der Waals surface area contributed by atoms with Gasteiger partial charge in [-0.25, -0.2) is 0 Å². The second-order valence-electron chi connectivity index (χ2n) is 6.40. The van der Waals surface area contributed by atoms with Gasteiger partial charge in [0.1, 0.15) is 0 Å². The molecule has 2 heterocycles. The molecule has 2 radical (unpaired) electrons. The van der Waals surface area contributed by atoms with Gasteiger partial charge in [0.05, 0.1) is 0 Å². The molecule has 0 aliphatic heterocycles. The molecule has 5 rings (SSSR count). The van der Waals surface area contributed by atoms with Crippen molar-refractivity contribution in [1.29, 1.82) is 0 Å². The van der Waals surface area contributed by atoms with Gasteiger partial charge in [-0.15, -0.1) is 0 Å². The molecule has 0 amide bonds. The summed E-state index contributed by atoms with van der Waals surface area (Å²) < 4.78 is 3.15. The third kappa shape index (κ3) is 2.74. The van der Waals surface area contributed by atoms with E-state index in [0.29, 0.717) is 0 Å². The molecule has 27 heavy (non-hydrogen) atoms. The van der Waals surface area contributed by atoms with Crippen LogP contribution in [-0.2, 0) is 0 Å². The second-order valence-corrected chi connectivity index (χ2v) is 7.95. The molecule has 0 atom stereocenters. The molecular weight excluding hydrogens is 529 g/mol. The summed E-state index contributed by atoms with van der Waals surface area (Å²) in [7, 11) is 0. The summed E-state index contributed by atoms with van der Waals surface area (Å²) in [6.45, 7) is 1.93. The predicted octanol–water partition coefficient (Wildman–Crippen LogP) is 3.74. The van der Waals surface area contributed by atoms with E-state index in [-0.39, 0.29) is 0 Å². The first-order valence-electron chi connectivity index (χ1n) is 8.72. The Kier molecular flexibility index (Phi) is 3.98. The topological polar surface area (TPSA) is 43.6 Å². The first kappa shape index (κ1) is 16.5. The number of nitrogens with zero attached hydrogens (tertiary/aromatic N) is 4. The van der Waals surface area contributed by atoms with Crippen molar-refractivity contribution in [2.24, 2.45) is 0 Å². The number of aryl methyl sites for hydroxylation is 1. The molecule has 0 fully saturated rings. The van der Waals surface area contributed by atoms with Crippen LogP contribution < -0.4 is 3.53 Å². The molecule has 3 aromatic carbocycles. The Bertz CT molecular complexity index is 1270. The van der Waals surface area contributed by atoms with Gasteiger partial charge < -0.3 is 0 Å². The normalized spacial score (nSPS) is 11.3. The Labute approximate surface area is 171 Å². The van der Waals surface area contributed by atoms with Gasteiger partial charge in [0.15, 0.2) is 0 Å². The van der Waals surface area contributed by atoms with Crippen LogP contribution in [0.5, 0.6) is 0 Å². The average molecular weight is 544 g/mol. The van der Waals surface area contributed by atoms with E-state index < -0.39 is 0 Å². The van der Waals surface area contributed by atoms with Crippen molar-refractivity contribution in [2.75, 3.05) is 0 Å². The van der Waals surface area contributed by atoms with E-state index >= 15 is 0 Å². The maximum atomic E-state index is 4.67. The zero-order valence-electron chi connectivity index (χ0n) is 14.7. The summed E-state index contributed by atoms with van der Waals surface area (Å²) in [5, 5.41) is 2.44. The molecule has 0 saturated carbocycles. The van der Waals surface area contributed by atoms with Crippen molar-refractivity contribution < 1.29 is 0 Å². The van der Waals surface area contributed by atoms with Crippen molar-refractivity contribution in [3.63, 3.8) is 0 Å². The van der Waals surface area contributed by atoms with Gasteiger partial charge in [0.25, 0.3) is 0 Å². The van der Waals surface area contributed by atoms with Crippen LogP contribution in [0.4, 0.5) is 0 Å². The van der Waals surface area contributed by atoms with Crippen molar-refractivity contribution in [1.82, 2.24) is 19.5 Å². The van der Waals surface area contributed by atoms with Crippen LogP contribution in [0.15, 0.2) is 72.8 Å². The average Bonchev–Trinajstić information content (AvgIpc) is 3.02. The monoisotopic (exact) mass is 544 g/mol. The number of aromatic nitrogens is 4. The standard InChI is InChI=1S/C22H15N4.Bi/c1-15-23-14-24-22(25-15)19-12-7-11-18-17-10-5-6-13-20(17)26(21(18)19)16-8-3-2-4-9-16;/h2-13H,1H3;. The molecule has 0 N–H and O–H groups in total. The summed E-state index contributed by atoms with van der Waals surface area (Å²) in [6, 6.07) is 25.3. The molecule has 0 spiro atoms. The van der Waals surface area contributed by atoms with Crippen LogP contribution >= 0.6 is 0 Å². The molecule has 0 unspecified atom stereocenters. The van der Waals surface area contributed by atoms with E-state index in [9.17, 15) is 0 Å². The number of benzene rings is 3. The van der Waals surface area contributed by atoms with E-state index in [0.717, 1.165) is 56.7 Å². The molecule has 0 aliphatic carbocycles. The molecule has 2 aromatic heterocycles. The summed E-state index contributed by atoms with van der Waals surface area (Å²) >= 11 is 1.02. The SMILES string of the molecule is Cc1n[c]([Bi])nc(-c2cccc3c4ccccc4n(-c4ccccc4)c23)n1. The quantitative estimate of drug-likeness (QED) is 0.319. The van der Waals surface area contributed by atoms with Crippen LogP contribution in [0.25, 0.3) is 38.9 Å². The maximum absolute atomic E-state index is 4.67. The fourth-order valence-corrected chi connectivity index (χ4v) is 4.56. The molecule has 0 saturated heterocycles. The molecule has 128 valence electrons. The number of fused-ring (bicyclic) bond motifs is 3. The Morgan fingerprint density at radius 1 is 0.741 bits per heavy atom. The van der Waals surface area contributed by atoms with Gasteiger partial charge in [-0.05, 0) is 0 Å². The molecule has 5 aromatic rings. The zero-order valence-corrected chi connectivity index (χ0v) is 18.1. The van der Waals surface area contributed by atoms with Gasteiger partial charge in [-0.2, -0.15) is 0 Å². The Hall–Kier alpha value is -2.65. The minimum atomic E-state index is 0.741. The van der Waals surface area contributed by atoms with Crippen LogP contribution in [0.1, 0.15) is 5.82 Å². The van der Waals surface area contributed by atoms with Crippen LogP contribution in [0.3, 0.4) is 0 Å². The Morgan fingerprint density at radius 3 is 2.30 bits per heavy atom. The fourth-order valence-electron chi connectivity index (χ4n) is 3.63. The van der Waals surface area contributed by atoms with E-state index in [2.05, 4.69) is 86.2 Å². The third-order valence-electron chi connectivity index (χ3n) is 4.69. The Morgan fingerprint density at radius 2 is 1.48 bits per heavy atom. The molecule has 5 heteroatoms. The number of rotatable bonds is 2. The van der Waals surface area contributed by atoms with Crippen molar-refractivity contribution in [3.05, 3.63) is 78.6 Å². The summed E-state index contributed by atoms with van der Waals surface area (Å²) in [4.78, 5) is 13.7. The zero-order chi connectivity index (χ0) is 18.4. The molecule has 0 aliphatic rings. The van der Waals surface area contributed by atoms with Gasteiger partial charge in [-0.1, -0.05) is 0 Å². The van der Waals surface area contributed by atoms with E-state index in [1.165, 1.54) is 16.3 Å². The van der Waals surface area contributed by atoms with Gasteiger partial charge in [0, 0.05) is 0 Å². The molecule has 0 bridgehead atoms. The van der Waals surface area contributed by atoms with Crippen LogP contribution in [-0.4, -0.2) is 44.2 Å². The number of hydrogen-bond donors (Lipinski definition) is 0. The predicted molar refractivity (Wildman–Crippen MR) is 110 cm³/mol. The van der Waals surface area contributed by atoms with Crippen molar-refractivity contribution >= 4 is 50.1 Å². The fraction of sp³-hybridized carbons (Fsp3) is 0.0455. The first-order chi connectivity index (χ1) is 13.2. The van der Waals surface area contributed by atoms with E-state index in [1.54, 1.807) is 0 Å². The minimum absolute atomic E-state index is 0.741. The second kappa shape index (κ2) is 6.51. The van der Waals surface area contributed by atoms with Gasteiger partial charge >= 0.3 is 172 Å². The van der Waals surface area contributed by atoms with Gasteiger partial charge in [-0.3, -0.25) is 0 Å². The first-order valence-corrected chi connectivity index (χ1v) is 10.5. The van der Waals surface area contributed by atoms with E-state index in [4.69, 9.17) is 0 Å². The van der Waals surface area contributed by atoms with Crippen LogP contribution in [0.2, 0.25) is 0 Å². The van der Waals surface area contributed by atoms with Crippen molar-refractivity contribution in [2.45, 2.75) is 6.92 Å². The van der Waals surface area contributed by atoms with E-state index in [1.807, 2.05) is 13.0 Å². The molecule has 4 nitrogen and oxygen atoms in total. The van der Waals surface area contributed by atoms with Crippen molar-refractivity contribution in [3.8, 4) is 17.1 Å². The summed E-state index contributed by atoms with van der Waals surface area (Å²) in [6.07, 6.45) is 0. The Balaban J connectivity index is 1.97. The van der Waals surface area contributed by atoms with Crippen LogP contribution in [0, 0.1) is 6.92 Å². The summed E-state index contributed by atoms with van der Waals surface area (Å²) in [5.41, 5.74) is 4.48. The third-order valence-corrected chi connectivity index (χ3v) is 5.46.